The van der Waals surface area contributed by atoms with Gasteiger partial charge in [-0.25, -0.2) is 4.79 Å². The molecule has 178 valence electrons. The molecule has 1 heterocycles. The number of carbonyl (C=O) groups is 2. The summed E-state index contributed by atoms with van der Waals surface area (Å²) in [6.45, 7) is 6.66. The number of hydrogen-bond acceptors (Lipinski definition) is 5. The van der Waals surface area contributed by atoms with Crippen LogP contribution >= 0.6 is 12.2 Å². The normalized spacial score (nSPS) is 15.5. The number of nitrogens with zero attached hydrogens (tertiary/aromatic N) is 3. The van der Waals surface area contributed by atoms with Crippen LogP contribution in [0.4, 0.5) is 24.5 Å². The molecule has 2 aromatic carbocycles. The maximum absolute atomic E-state index is 13.9. The Balaban J connectivity index is 2.12. The van der Waals surface area contributed by atoms with Crippen LogP contribution in [0.3, 0.4) is 0 Å². The maximum atomic E-state index is 13.9. The lowest BCUT2D eigenvalue weighted by Gasteiger charge is -2.29. The Labute approximate surface area is 200 Å². The first-order chi connectivity index (χ1) is 15.9. The molecule has 1 aliphatic heterocycles. The topological polar surface area (TPSA) is 73.6 Å². The number of nitriles is 1. The second kappa shape index (κ2) is 9.06. The number of benzene rings is 2. The molecule has 0 atom stereocenters. The lowest BCUT2D eigenvalue weighted by atomic mass is 9.96. The average molecular weight is 490 g/mol. The van der Waals surface area contributed by atoms with E-state index < -0.39 is 34.7 Å². The van der Waals surface area contributed by atoms with Gasteiger partial charge in [0.2, 0.25) is 0 Å². The highest BCUT2D eigenvalue weighted by atomic mass is 32.1. The van der Waals surface area contributed by atoms with Crippen molar-refractivity contribution in [3.05, 3.63) is 58.7 Å². The number of halogens is 3. The van der Waals surface area contributed by atoms with Crippen LogP contribution in [-0.2, 0) is 22.1 Å². The molecule has 0 aliphatic carbocycles. The summed E-state index contributed by atoms with van der Waals surface area (Å²) in [5.41, 5.74) is -2.20. The van der Waals surface area contributed by atoms with E-state index >= 15 is 0 Å². The smallest absolute Gasteiger partial charge is 0.418 e. The van der Waals surface area contributed by atoms with Crippen molar-refractivity contribution in [1.82, 2.24) is 0 Å². The minimum Gasteiger partial charge on any atom is -0.462 e. The molecule has 0 bridgehead atoms. The van der Waals surface area contributed by atoms with E-state index in [-0.39, 0.29) is 29.4 Å². The first-order valence-corrected chi connectivity index (χ1v) is 10.9. The molecule has 6 nitrogen and oxygen atoms in total. The Hall–Kier alpha value is -3.45. The number of amides is 1. The predicted molar refractivity (Wildman–Crippen MR) is 125 cm³/mol. The zero-order valence-corrected chi connectivity index (χ0v) is 19.8. The number of thiocarbonyl (C=S) groups is 1. The van der Waals surface area contributed by atoms with E-state index in [4.69, 9.17) is 17.0 Å². The van der Waals surface area contributed by atoms with Crippen LogP contribution in [-0.4, -0.2) is 29.1 Å². The molecule has 0 N–H and O–H groups in total. The Kier molecular flexibility index (Phi) is 6.71. The van der Waals surface area contributed by atoms with Crippen LogP contribution in [0.25, 0.3) is 0 Å². The van der Waals surface area contributed by atoms with Crippen molar-refractivity contribution in [3.63, 3.8) is 0 Å². The summed E-state index contributed by atoms with van der Waals surface area (Å²) >= 11 is 5.58. The van der Waals surface area contributed by atoms with Gasteiger partial charge in [-0.2, -0.15) is 18.4 Å². The van der Waals surface area contributed by atoms with Gasteiger partial charge in [-0.3, -0.25) is 9.69 Å². The molecule has 0 unspecified atom stereocenters. The van der Waals surface area contributed by atoms with Gasteiger partial charge in [0.1, 0.15) is 5.54 Å². The van der Waals surface area contributed by atoms with Crippen molar-refractivity contribution in [3.8, 4) is 6.07 Å². The van der Waals surface area contributed by atoms with Crippen LogP contribution in [0.5, 0.6) is 0 Å². The largest absolute Gasteiger partial charge is 0.462 e. The first-order valence-electron chi connectivity index (χ1n) is 10.5. The molecule has 10 heteroatoms. The molecule has 0 aromatic heterocycles. The SMILES string of the molecule is CCOC(=O)c1ccc(N2C(=S)N(c3ccc(C#N)c(C(F)(F)F)c3CC)C(=O)C2(C)C)cc1. The molecule has 0 spiro atoms. The fourth-order valence-electron chi connectivity index (χ4n) is 4.02. The number of anilines is 2. The van der Waals surface area contributed by atoms with E-state index in [1.54, 1.807) is 39.0 Å². The summed E-state index contributed by atoms with van der Waals surface area (Å²) in [5.74, 6) is -1.01. The van der Waals surface area contributed by atoms with Crippen molar-refractivity contribution >= 4 is 40.6 Å². The van der Waals surface area contributed by atoms with Gasteiger partial charge < -0.3 is 9.64 Å². The summed E-state index contributed by atoms with van der Waals surface area (Å²) in [7, 11) is 0. The second-order valence-electron chi connectivity index (χ2n) is 8.03. The van der Waals surface area contributed by atoms with E-state index in [1.807, 2.05) is 0 Å². The summed E-state index contributed by atoms with van der Waals surface area (Å²) in [5, 5.41) is 9.23. The van der Waals surface area contributed by atoms with E-state index in [0.29, 0.717) is 11.3 Å². The van der Waals surface area contributed by atoms with E-state index in [0.717, 1.165) is 11.0 Å². The average Bonchev–Trinajstić information content (AvgIpc) is 2.96. The fourth-order valence-corrected chi connectivity index (χ4v) is 4.54. The minimum atomic E-state index is -4.78. The third-order valence-electron chi connectivity index (χ3n) is 5.59. The monoisotopic (exact) mass is 489 g/mol. The van der Waals surface area contributed by atoms with Gasteiger partial charge >= 0.3 is 12.1 Å². The van der Waals surface area contributed by atoms with Gasteiger partial charge in [0.05, 0.1) is 35.1 Å². The molecule has 1 saturated heterocycles. The molecule has 34 heavy (non-hydrogen) atoms. The Morgan fingerprint density at radius 3 is 2.26 bits per heavy atom. The lowest BCUT2D eigenvalue weighted by Crippen LogP contribution is -2.44. The van der Waals surface area contributed by atoms with Crippen LogP contribution in [0.1, 0.15) is 54.7 Å². The van der Waals surface area contributed by atoms with E-state index in [1.165, 1.54) is 30.0 Å². The van der Waals surface area contributed by atoms with Gasteiger partial charge in [0.25, 0.3) is 5.91 Å². The zero-order valence-electron chi connectivity index (χ0n) is 19.0. The standard InChI is InChI=1S/C24H22F3N3O3S/c1-5-17-18(12-9-15(13-28)19(17)24(25,26)27)29-21(32)23(3,4)30(22(29)34)16-10-7-14(8-11-16)20(31)33-6-2/h7-12H,5-6H2,1-4H3. The second-order valence-corrected chi connectivity index (χ2v) is 8.40. The molecule has 1 amide bonds. The van der Waals surface area contributed by atoms with Gasteiger partial charge in [-0.05, 0) is 81.4 Å². The maximum Gasteiger partial charge on any atom is 0.418 e. The number of hydrogen-bond donors (Lipinski definition) is 0. The van der Waals surface area contributed by atoms with Gasteiger partial charge in [-0.1, -0.05) is 6.92 Å². The lowest BCUT2D eigenvalue weighted by molar-refractivity contribution is -0.138. The van der Waals surface area contributed by atoms with Crippen molar-refractivity contribution in [2.24, 2.45) is 0 Å². The molecule has 0 radical (unpaired) electrons. The van der Waals surface area contributed by atoms with Crippen LogP contribution < -0.4 is 9.80 Å². The van der Waals surface area contributed by atoms with Gasteiger partial charge in [0.15, 0.2) is 5.11 Å². The van der Waals surface area contributed by atoms with Crippen molar-refractivity contribution in [1.29, 1.82) is 5.26 Å². The van der Waals surface area contributed by atoms with Gasteiger partial charge in [0, 0.05) is 5.69 Å². The van der Waals surface area contributed by atoms with E-state index in [2.05, 4.69) is 0 Å². The molecule has 2 aromatic rings. The summed E-state index contributed by atoms with van der Waals surface area (Å²) in [6, 6.07) is 10.2. The first kappa shape index (κ1) is 25.2. The van der Waals surface area contributed by atoms with E-state index in [9.17, 15) is 28.0 Å². The van der Waals surface area contributed by atoms with Crippen LogP contribution in [0.15, 0.2) is 36.4 Å². The third-order valence-corrected chi connectivity index (χ3v) is 5.96. The Morgan fingerprint density at radius 1 is 1.15 bits per heavy atom. The van der Waals surface area contributed by atoms with Crippen molar-refractivity contribution in [2.45, 2.75) is 45.8 Å². The zero-order chi connectivity index (χ0) is 25.4. The number of esters is 1. The highest BCUT2D eigenvalue weighted by Gasteiger charge is 2.51. The molecular formula is C24H22F3N3O3S. The molecule has 1 aliphatic rings. The summed E-state index contributed by atoms with van der Waals surface area (Å²) in [4.78, 5) is 28.0. The fraction of sp³-hybridized carbons (Fsp3) is 0.333. The minimum absolute atomic E-state index is 0.00795. The summed E-state index contributed by atoms with van der Waals surface area (Å²) < 4.78 is 46.6. The van der Waals surface area contributed by atoms with Crippen molar-refractivity contribution < 1.29 is 27.5 Å². The molecule has 1 fully saturated rings. The highest BCUT2D eigenvalue weighted by Crippen LogP contribution is 2.43. The Bertz CT molecular complexity index is 1200. The Morgan fingerprint density at radius 2 is 1.76 bits per heavy atom. The van der Waals surface area contributed by atoms with Gasteiger partial charge in [-0.15, -0.1) is 0 Å². The molecular weight excluding hydrogens is 467 g/mol. The van der Waals surface area contributed by atoms with Crippen molar-refractivity contribution in [2.75, 3.05) is 16.4 Å². The summed E-state index contributed by atoms with van der Waals surface area (Å²) in [6.07, 6.45) is -4.85. The van der Waals surface area contributed by atoms with Crippen LogP contribution in [0, 0.1) is 11.3 Å². The number of carbonyl (C=O) groups excluding carboxylic acids is 2. The predicted octanol–water partition coefficient (Wildman–Crippen LogP) is 5.23. The number of alkyl halides is 3. The molecule has 3 rings (SSSR count). The quantitative estimate of drug-likeness (QED) is 0.423. The number of ether oxygens (including phenoxy) is 1. The third kappa shape index (κ3) is 4.12. The number of rotatable bonds is 5. The van der Waals surface area contributed by atoms with Crippen LogP contribution in [0.2, 0.25) is 0 Å². The highest BCUT2D eigenvalue weighted by molar-refractivity contribution is 7.81. The molecule has 0 saturated carbocycles.